The van der Waals surface area contributed by atoms with Crippen molar-refractivity contribution in [3.8, 4) is 0 Å². The zero-order valence-corrected chi connectivity index (χ0v) is 10.4. The van der Waals surface area contributed by atoms with Gasteiger partial charge in [-0.3, -0.25) is 9.48 Å². The minimum Gasteiger partial charge on any atom is -0.349 e. The lowest BCUT2D eigenvalue weighted by Gasteiger charge is -2.13. The topological polar surface area (TPSA) is 72.9 Å². The second-order valence-corrected chi connectivity index (χ2v) is 4.83. The van der Waals surface area contributed by atoms with Crippen LogP contribution < -0.4 is 11.1 Å². The Bertz CT molecular complexity index is 376. The number of nitrogens with two attached hydrogens (primary N) is 1. The molecule has 0 aliphatic heterocycles. The molecule has 90 valence electrons. The number of hydrogen-bond donors (Lipinski definition) is 2. The molecule has 0 saturated carbocycles. The molecule has 0 radical (unpaired) electrons. The van der Waals surface area contributed by atoms with Crippen LogP contribution in [0.4, 0.5) is 0 Å². The lowest BCUT2D eigenvalue weighted by Crippen LogP contribution is -2.30. The predicted octanol–water partition coefficient (Wildman–Crippen LogP) is 0.406. The molecular weight excluding hydrogens is 204 g/mol. The molecule has 0 aromatic carbocycles. The van der Waals surface area contributed by atoms with Crippen molar-refractivity contribution in [2.24, 2.45) is 12.8 Å². The molecule has 0 aliphatic rings. The smallest absolute Gasteiger partial charge is 0.269 e. The maximum absolute atomic E-state index is 11.7. The third-order valence-electron chi connectivity index (χ3n) is 2.31. The Hall–Kier alpha value is -1.36. The minimum absolute atomic E-state index is 0.0514. The highest BCUT2D eigenvalue weighted by Gasteiger charge is 2.21. The average Bonchev–Trinajstić information content (AvgIpc) is 2.56. The minimum atomic E-state index is -0.129. The molecule has 1 heterocycles. The van der Waals surface area contributed by atoms with Crippen LogP contribution in [-0.2, 0) is 12.5 Å². The molecule has 5 nitrogen and oxygen atoms in total. The normalized spacial score (nSPS) is 11.6. The van der Waals surface area contributed by atoms with E-state index in [9.17, 15) is 4.79 Å². The maximum atomic E-state index is 11.7. The molecule has 1 aromatic heterocycles. The van der Waals surface area contributed by atoms with Gasteiger partial charge in [-0.05, 0) is 6.07 Å². The number of nitrogens with zero attached hydrogens (tertiary/aromatic N) is 2. The van der Waals surface area contributed by atoms with Gasteiger partial charge in [-0.2, -0.15) is 5.10 Å². The van der Waals surface area contributed by atoms with Crippen LogP contribution in [-0.4, -0.2) is 28.8 Å². The summed E-state index contributed by atoms with van der Waals surface area (Å²) in [5.41, 5.74) is 6.76. The van der Waals surface area contributed by atoms with Gasteiger partial charge in [0.1, 0.15) is 5.69 Å². The molecular formula is C11H20N4O. The van der Waals surface area contributed by atoms with E-state index < -0.39 is 0 Å². The SMILES string of the molecule is Cn1nc(C(C)(C)C)cc1C(=O)NCCN. The molecule has 0 spiro atoms. The molecule has 1 aromatic rings. The molecule has 1 amide bonds. The summed E-state index contributed by atoms with van der Waals surface area (Å²) in [5.74, 6) is -0.129. The lowest BCUT2D eigenvalue weighted by atomic mass is 9.92. The first-order valence-corrected chi connectivity index (χ1v) is 5.39. The quantitative estimate of drug-likeness (QED) is 0.781. The number of amides is 1. The highest BCUT2D eigenvalue weighted by atomic mass is 16.2. The first kappa shape index (κ1) is 12.7. The molecule has 0 atom stereocenters. The summed E-state index contributed by atoms with van der Waals surface area (Å²) in [4.78, 5) is 11.7. The molecule has 0 saturated heterocycles. The summed E-state index contributed by atoms with van der Waals surface area (Å²) in [5, 5.41) is 7.07. The van der Waals surface area contributed by atoms with E-state index in [2.05, 4.69) is 31.2 Å². The van der Waals surface area contributed by atoms with Crippen LogP contribution in [0.2, 0.25) is 0 Å². The summed E-state index contributed by atoms with van der Waals surface area (Å²) < 4.78 is 1.60. The van der Waals surface area contributed by atoms with Crippen molar-refractivity contribution in [3.63, 3.8) is 0 Å². The predicted molar refractivity (Wildman–Crippen MR) is 63.3 cm³/mol. The Morgan fingerprint density at radius 1 is 1.56 bits per heavy atom. The van der Waals surface area contributed by atoms with Crippen molar-refractivity contribution in [3.05, 3.63) is 17.5 Å². The fourth-order valence-electron chi connectivity index (χ4n) is 1.32. The van der Waals surface area contributed by atoms with Gasteiger partial charge >= 0.3 is 0 Å². The van der Waals surface area contributed by atoms with Crippen LogP contribution in [0, 0.1) is 0 Å². The molecule has 16 heavy (non-hydrogen) atoms. The van der Waals surface area contributed by atoms with E-state index in [-0.39, 0.29) is 11.3 Å². The zero-order valence-electron chi connectivity index (χ0n) is 10.4. The van der Waals surface area contributed by atoms with E-state index >= 15 is 0 Å². The molecule has 3 N–H and O–H groups in total. The highest BCUT2D eigenvalue weighted by molar-refractivity contribution is 5.92. The maximum Gasteiger partial charge on any atom is 0.269 e. The molecule has 0 bridgehead atoms. The first-order chi connectivity index (χ1) is 7.36. The Kier molecular flexibility index (Phi) is 3.70. The number of rotatable bonds is 3. The number of nitrogens with one attached hydrogen (secondary N) is 1. The Morgan fingerprint density at radius 2 is 2.19 bits per heavy atom. The first-order valence-electron chi connectivity index (χ1n) is 5.39. The summed E-state index contributed by atoms with van der Waals surface area (Å²) in [6.45, 7) is 7.12. The monoisotopic (exact) mass is 224 g/mol. The van der Waals surface area contributed by atoms with E-state index in [1.807, 2.05) is 6.07 Å². The number of carbonyl (C=O) groups is 1. The Morgan fingerprint density at radius 3 is 2.62 bits per heavy atom. The van der Waals surface area contributed by atoms with Crippen molar-refractivity contribution in [2.45, 2.75) is 26.2 Å². The van der Waals surface area contributed by atoms with E-state index in [0.717, 1.165) is 5.69 Å². The van der Waals surface area contributed by atoms with Crippen molar-refractivity contribution in [2.75, 3.05) is 13.1 Å². The van der Waals surface area contributed by atoms with Crippen LogP contribution in [0.3, 0.4) is 0 Å². The van der Waals surface area contributed by atoms with Crippen molar-refractivity contribution >= 4 is 5.91 Å². The van der Waals surface area contributed by atoms with Gasteiger partial charge < -0.3 is 11.1 Å². The van der Waals surface area contributed by atoms with Gasteiger partial charge in [0.2, 0.25) is 0 Å². The third-order valence-corrected chi connectivity index (χ3v) is 2.31. The third kappa shape index (κ3) is 2.82. The van der Waals surface area contributed by atoms with Crippen LogP contribution in [0.25, 0.3) is 0 Å². The fraction of sp³-hybridized carbons (Fsp3) is 0.636. The Labute approximate surface area is 96.0 Å². The van der Waals surface area contributed by atoms with Crippen molar-refractivity contribution in [1.82, 2.24) is 15.1 Å². The summed E-state index contributed by atoms with van der Waals surface area (Å²) in [6.07, 6.45) is 0. The average molecular weight is 224 g/mol. The fourth-order valence-corrected chi connectivity index (χ4v) is 1.32. The summed E-state index contributed by atoms with van der Waals surface area (Å²) in [7, 11) is 1.77. The van der Waals surface area contributed by atoms with E-state index in [1.165, 1.54) is 0 Å². The zero-order chi connectivity index (χ0) is 12.3. The number of carbonyl (C=O) groups excluding carboxylic acids is 1. The van der Waals surface area contributed by atoms with Crippen molar-refractivity contribution in [1.29, 1.82) is 0 Å². The van der Waals surface area contributed by atoms with Crippen LogP contribution in [0.5, 0.6) is 0 Å². The van der Waals surface area contributed by atoms with E-state index in [4.69, 9.17) is 5.73 Å². The van der Waals surface area contributed by atoms with Gasteiger partial charge in [-0.1, -0.05) is 20.8 Å². The molecule has 0 unspecified atom stereocenters. The highest BCUT2D eigenvalue weighted by Crippen LogP contribution is 2.21. The number of aromatic nitrogens is 2. The summed E-state index contributed by atoms with van der Waals surface area (Å²) in [6, 6.07) is 1.83. The van der Waals surface area contributed by atoms with Gasteiger partial charge in [-0.25, -0.2) is 0 Å². The van der Waals surface area contributed by atoms with E-state index in [0.29, 0.717) is 18.8 Å². The second kappa shape index (κ2) is 4.65. The van der Waals surface area contributed by atoms with E-state index in [1.54, 1.807) is 11.7 Å². The van der Waals surface area contributed by atoms with Gasteiger partial charge in [0.25, 0.3) is 5.91 Å². The molecule has 0 fully saturated rings. The van der Waals surface area contributed by atoms with Gasteiger partial charge in [0, 0.05) is 25.6 Å². The number of hydrogen-bond acceptors (Lipinski definition) is 3. The van der Waals surface area contributed by atoms with Gasteiger partial charge in [0.05, 0.1) is 5.69 Å². The van der Waals surface area contributed by atoms with Crippen LogP contribution in [0.1, 0.15) is 37.0 Å². The Balaban J connectivity index is 2.90. The standard InChI is InChI=1S/C11H20N4O/c1-11(2,3)9-7-8(15(4)14-9)10(16)13-6-5-12/h7H,5-6,12H2,1-4H3,(H,13,16). The molecule has 1 rings (SSSR count). The van der Waals surface area contributed by atoms with Gasteiger partial charge in [-0.15, -0.1) is 0 Å². The van der Waals surface area contributed by atoms with Crippen LogP contribution >= 0.6 is 0 Å². The largest absolute Gasteiger partial charge is 0.349 e. The molecule has 5 heteroatoms. The number of aryl methyl sites for hydroxylation is 1. The lowest BCUT2D eigenvalue weighted by molar-refractivity contribution is 0.0945. The summed E-state index contributed by atoms with van der Waals surface area (Å²) >= 11 is 0. The second-order valence-electron chi connectivity index (χ2n) is 4.83. The molecule has 0 aliphatic carbocycles. The van der Waals surface area contributed by atoms with Crippen molar-refractivity contribution < 1.29 is 4.79 Å². The van der Waals surface area contributed by atoms with Crippen LogP contribution in [0.15, 0.2) is 6.07 Å². The van der Waals surface area contributed by atoms with Gasteiger partial charge in [0.15, 0.2) is 0 Å².